The van der Waals surface area contributed by atoms with Crippen molar-refractivity contribution in [2.45, 2.75) is 6.42 Å². The van der Waals surface area contributed by atoms with Gasteiger partial charge in [-0.2, -0.15) is 0 Å². The maximum absolute atomic E-state index is 12.8. The molecule has 0 aromatic heterocycles. The zero-order valence-corrected chi connectivity index (χ0v) is 12.7. The molecule has 23 heavy (non-hydrogen) atoms. The van der Waals surface area contributed by atoms with Crippen molar-refractivity contribution in [2.24, 2.45) is 0 Å². The Bertz CT molecular complexity index is 693. The second-order valence-electron chi connectivity index (χ2n) is 4.81. The number of phenolic OH excluding ortho intramolecular Hbond substituents is 1. The van der Waals surface area contributed by atoms with Gasteiger partial charge in [-0.15, -0.1) is 0 Å². The third kappa shape index (κ3) is 5.14. The van der Waals surface area contributed by atoms with Gasteiger partial charge in [0.1, 0.15) is 5.82 Å². The third-order valence-corrected chi connectivity index (χ3v) is 3.16. The first-order valence-corrected chi connectivity index (χ1v) is 7.05. The molecule has 0 aliphatic rings. The lowest BCUT2D eigenvalue weighted by atomic mass is 10.1. The van der Waals surface area contributed by atoms with Crippen molar-refractivity contribution in [3.63, 3.8) is 0 Å². The molecule has 2 aromatic carbocycles. The Hall–Kier alpha value is -2.82. The van der Waals surface area contributed by atoms with Crippen molar-refractivity contribution < 1.29 is 23.8 Å². The van der Waals surface area contributed by atoms with E-state index in [0.29, 0.717) is 17.7 Å². The van der Waals surface area contributed by atoms with E-state index in [9.17, 15) is 14.3 Å². The number of methoxy groups -OCH3 is 1. The molecule has 0 amide bonds. The molecule has 2 aromatic rings. The van der Waals surface area contributed by atoms with Gasteiger partial charge in [-0.1, -0.05) is 18.2 Å². The summed E-state index contributed by atoms with van der Waals surface area (Å²) >= 11 is 0. The maximum atomic E-state index is 12.8. The van der Waals surface area contributed by atoms with Crippen molar-refractivity contribution in [2.75, 3.05) is 13.7 Å². The van der Waals surface area contributed by atoms with Crippen LogP contribution >= 0.6 is 0 Å². The van der Waals surface area contributed by atoms with Gasteiger partial charge in [0, 0.05) is 12.5 Å². The van der Waals surface area contributed by atoms with E-state index >= 15 is 0 Å². The number of carbonyl (C=O) groups excluding carboxylic acids is 1. The van der Waals surface area contributed by atoms with E-state index in [2.05, 4.69) is 0 Å². The summed E-state index contributed by atoms with van der Waals surface area (Å²) in [6.07, 6.45) is 3.39. The molecule has 0 bridgehead atoms. The molecule has 0 saturated heterocycles. The number of ether oxygens (including phenoxy) is 2. The molecule has 0 spiro atoms. The van der Waals surface area contributed by atoms with E-state index in [4.69, 9.17) is 9.47 Å². The topological polar surface area (TPSA) is 55.8 Å². The number of esters is 1. The highest BCUT2D eigenvalue weighted by molar-refractivity contribution is 5.87. The highest BCUT2D eigenvalue weighted by Gasteiger charge is 2.02. The number of aromatic hydroxyl groups is 1. The minimum absolute atomic E-state index is 0.0338. The lowest BCUT2D eigenvalue weighted by molar-refractivity contribution is -0.137. The third-order valence-electron chi connectivity index (χ3n) is 3.16. The second kappa shape index (κ2) is 7.98. The fourth-order valence-corrected chi connectivity index (χ4v) is 1.93. The lowest BCUT2D eigenvalue weighted by Crippen LogP contribution is -2.04. The van der Waals surface area contributed by atoms with Crippen LogP contribution in [0.1, 0.15) is 11.1 Å². The molecule has 0 saturated carbocycles. The van der Waals surface area contributed by atoms with Gasteiger partial charge in [-0.25, -0.2) is 9.18 Å². The first kappa shape index (κ1) is 16.5. The van der Waals surface area contributed by atoms with E-state index < -0.39 is 5.97 Å². The zero-order valence-electron chi connectivity index (χ0n) is 12.7. The van der Waals surface area contributed by atoms with Gasteiger partial charge in [-0.05, 0) is 41.5 Å². The Labute approximate surface area is 133 Å². The number of halogens is 1. The number of hydrogen-bond donors (Lipinski definition) is 1. The Balaban J connectivity index is 1.83. The zero-order chi connectivity index (χ0) is 16.7. The number of hydrogen-bond acceptors (Lipinski definition) is 4. The summed E-state index contributed by atoms with van der Waals surface area (Å²) in [5, 5.41) is 9.49. The van der Waals surface area contributed by atoms with Gasteiger partial charge in [0.15, 0.2) is 11.5 Å². The molecule has 0 aliphatic heterocycles. The standard InChI is InChI=1S/C18H17FO4/c1-22-17-12-14(4-8-16(17)20)5-9-18(21)23-11-10-13-2-6-15(19)7-3-13/h2-9,12,20H,10-11H2,1H3/b9-5+. The molecule has 0 unspecified atom stereocenters. The predicted octanol–water partition coefficient (Wildman–Crippen LogP) is 3.34. The first-order valence-electron chi connectivity index (χ1n) is 7.05. The SMILES string of the molecule is COc1cc(/C=C/C(=O)OCCc2ccc(F)cc2)ccc1O. The van der Waals surface area contributed by atoms with E-state index in [1.807, 2.05) is 0 Å². The van der Waals surface area contributed by atoms with Gasteiger partial charge < -0.3 is 14.6 Å². The van der Waals surface area contributed by atoms with Gasteiger partial charge in [-0.3, -0.25) is 0 Å². The van der Waals surface area contributed by atoms with Crippen LogP contribution in [0.5, 0.6) is 11.5 Å². The van der Waals surface area contributed by atoms with Crippen LogP contribution in [0.25, 0.3) is 6.08 Å². The molecule has 0 aliphatic carbocycles. The van der Waals surface area contributed by atoms with Crippen LogP contribution in [0.3, 0.4) is 0 Å². The summed E-state index contributed by atoms with van der Waals surface area (Å²) in [6, 6.07) is 10.8. The van der Waals surface area contributed by atoms with Crippen LogP contribution in [-0.2, 0) is 16.0 Å². The monoisotopic (exact) mass is 316 g/mol. The number of rotatable bonds is 6. The molecule has 4 nitrogen and oxygen atoms in total. The quantitative estimate of drug-likeness (QED) is 0.656. The predicted molar refractivity (Wildman–Crippen MR) is 84.8 cm³/mol. The van der Waals surface area contributed by atoms with Crippen molar-refractivity contribution >= 4 is 12.0 Å². The Morgan fingerprint density at radius 1 is 1.22 bits per heavy atom. The maximum Gasteiger partial charge on any atom is 0.330 e. The molecule has 0 atom stereocenters. The highest BCUT2D eigenvalue weighted by Crippen LogP contribution is 2.26. The van der Waals surface area contributed by atoms with Crippen LogP contribution in [0, 0.1) is 5.82 Å². The fourth-order valence-electron chi connectivity index (χ4n) is 1.93. The molecular formula is C18H17FO4. The second-order valence-corrected chi connectivity index (χ2v) is 4.81. The van der Waals surface area contributed by atoms with E-state index in [1.165, 1.54) is 31.4 Å². The Kier molecular flexibility index (Phi) is 5.74. The lowest BCUT2D eigenvalue weighted by Gasteiger charge is -2.04. The van der Waals surface area contributed by atoms with Crippen molar-refractivity contribution in [3.8, 4) is 11.5 Å². The fraction of sp³-hybridized carbons (Fsp3) is 0.167. The average molecular weight is 316 g/mol. The molecule has 5 heteroatoms. The Morgan fingerprint density at radius 3 is 2.65 bits per heavy atom. The molecule has 120 valence electrons. The van der Waals surface area contributed by atoms with Crippen molar-refractivity contribution in [3.05, 3.63) is 65.5 Å². The summed E-state index contributed by atoms with van der Waals surface area (Å²) in [5.41, 5.74) is 1.60. The highest BCUT2D eigenvalue weighted by atomic mass is 19.1. The van der Waals surface area contributed by atoms with Crippen LogP contribution < -0.4 is 4.74 Å². The van der Waals surface area contributed by atoms with Crippen molar-refractivity contribution in [1.29, 1.82) is 0 Å². The van der Waals surface area contributed by atoms with Gasteiger partial charge in [0.25, 0.3) is 0 Å². The average Bonchev–Trinajstić information content (AvgIpc) is 2.56. The molecule has 2 rings (SSSR count). The molecule has 1 N–H and O–H groups in total. The smallest absolute Gasteiger partial charge is 0.330 e. The normalized spacial score (nSPS) is 10.7. The van der Waals surface area contributed by atoms with E-state index in [-0.39, 0.29) is 18.2 Å². The molecule has 0 heterocycles. The molecule has 0 radical (unpaired) electrons. The van der Waals surface area contributed by atoms with Crippen LogP contribution in [-0.4, -0.2) is 24.8 Å². The summed E-state index contributed by atoms with van der Waals surface area (Å²) in [7, 11) is 1.45. The van der Waals surface area contributed by atoms with Gasteiger partial charge in [0.05, 0.1) is 13.7 Å². The van der Waals surface area contributed by atoms with Gasteiger partial charge >= 0.3 is 5.97 Å². The van der Waals surface area contributed by atoms with Gasteiger partial charge in [0.2, 0.25) is 0 Å². The number of phenols is 1. The minimum atomic E-state index is -0.473. The summed E-state index contributed by atoms with van der Waals surface area (Å²) in [5.74, 6) is -0.402. The van der Waals surface area contributed by atoms with Crippen LogP contribution in [0.2, 0.25) is 0 Å². The van der Waals surface area contributed by atoms with Crippen molar-refractivity contribution in [1.82, 2.24) is 0 Å². The number of benzene rings is 2. The first-order chi connectivity index (χ1) is 11.1. The largest absolute Gasteiger partial charge is 0.504 e. The molecule has 0 fully saturated rings. The van der Waals surface area contributed by atoms with Crippen LogP contribution in [0.4, 0.5) is 4.39 Å². The summed E-state index contributed by atoms with van der Waals surface area (Å²) < 4.78 is 22.8. The Morgan fingerprint density at radius 2 is 1.96 bits per heavy atom. The van der Waals surface area contributed by atoms with E-state index in [1.54, 1.807) is 30.3 Å². The number of carbonyl (C=O) groups is 1. The van der Waals surface area contributed by atoms with E-state index in [0.717, 1.165) is 5.56 Å². The summed E-state index contributed by atoms with van der Waals surface area (Å²) in [4.78, 5) is 11.6. The minimum Gasteiger partial charge on any atom is -0.504 e. The van der Waals surface area contributed by atoms with Crippen LogP contribution in [0.15, 0.2) is 48.5 Å². The summed E-state index contributed by atoms with van der Waals surface area (Å²) in [6.45, 7) is 0.216. The molecular weight excluding hydrogens is 299 g/mol.